The maximum Gasteiger partial charge on any atom is 0.233 e. The Morgan fingerprint density at radius 2 is 1.16 bits per heavy atom. The predicted molar refractivity (Wildman–Crippen MR) is 221 cm³/mol. The van der Waals surface area contributed by atoms with E-state index in [0.29, 0.717) is 68.3 Å². The Morgan fingerprint density at radius 3 is 1.72 bits per heavy atom. The summed E-state index contributed by atoms with van der Waals surface area (Å²) in [6.07, 6.45) is 8.26. The van der Waals surface area contributed by atoms with Gasteiger partial charge in [0.2, 0.25) is 11.6 Å². The van der Waals surface area contributed by atoms with Gasteiger partial charge in [0.1, 0.15) is 12.0 Å². The van der Waals surface area contributed by atoms with Gasteiger partial charge in [-0.25, -0.2) is 0 Å². The third-order valence-electron chi connectivity index (χ3n) is 10.2. The molecule has 0 aromatic heterocycles. The predicted octanol–water partition coefficient (Wildman–Crippen LogP) is 9.34. The van der Waals surface area contributed by atoms with E-state index in [2.05, 4.69) is 0 Å². The first-order valence-corrected chi connectivity index (χ1v) is 19.3. The van der Waals surface area contributed by atoms with Crippen molar-refractivity contribution < 1.29 is 38.7 Å². The highest BCUT2D eigenvalue weighted by Crippen LogP contribution is 2.49. The van der Waals surface area contributed by atoms with Gasteiger partial charge < -0.3 is 10.8 Å². The Hall–Kier alpha value is -6.29. The highest BCUT2D eigenvalue weighted by Gasteiger charge is 2.44. The molecule has 1 unspecified atom stereocenters. The fourth-order valence-corrected chi connectivity index (χ4v) is 7.67. The topological polar surface area (TPSA) is 166 Å². The van der Waals surface area contributed by atoms with E-state index in [-0.39, 0.29) is 34.5 Å². The largest absolute Gasteiger partial charge is 0.507 e. The summed E-state index contributed by atoms with van der Waals surface area (Å²) in [6.45, 7) is 0. The lowest BCUT2D eigenvalue weighted by molar-refractivity contribution is -0.116. The van der Waals surface area contributed by atoms with Crippen LogP contribution in [0.2, 0.25) is 10.0 Å². The second kappa shape index (κ2) is 18.3. The average Bonchev–Trinajstić information content (AvgIpc) is 3.23. The van der Waals surface area contributed by atoms with E-state index in [9.17, 15) is 38.7 Å². The number of ketones is 6. The van der Waals surface area contributed by atoms with Crippen LogP contribution in [0.1, 0.15) is 103 Å². The standard InChI is InChI=1S/C24H17ClO3.C10H6O3.C7H5ClO.C6H9NO/c25-15-10-8-13(9-11-15)21-20-14(4-3-7-19(20)26)12-18-22(21)24(28)17-6-2-1-5-16(17)23(18)27;11-8-5-9(12)10(13)7-4-2-1-3-6(7)8;8-7-3-1-6(5-9)2-4-7;7-5-2-1-3-6(8)4-5/h1-2,5-6,8-11,21H,3-4,7,12H2;1-5,11H;1-5H;4H,1-3,7H2. The minimum absolute atomic E-state index is 0.0891. The highest BCUT2D eigenvalue weighted by atomic mass is 35.5. The zero-order valence-electron chi connectivity index (χ0n) is 31.1. The van der Waals surface area contributed by atoms with Crippen LogP contribution in [0.3, 0.4) is 0 Å². The number of fused-ring (bicyclic) bond motifs is 2. The number of aldehydes is 1. The third-order valence-corrected chi connectivity index (χ3v) is 10.7. The van der Waals surface area contributed by atoms with Gasteiger partial charge in [0.25, 0.3) is 0 Å². The van der Waals surface area contributed by atoms with E-state index in [0.717, 1.165) is 54.9 Å². The van der Waals surface area contributed by atoms with Gasteiger partial charge in [-0.1, -0.05) is 102 Å². The first-order valence-electron chi connectivity index (χ1n) is 18.6. The van der Waals surface area contributed by atoms with Crippen LogP contribution in [0.4, 0.5) is 0 Å². The number of Topliss-reactive ketones (excluding diaryl/α,β-unsaturated/α-hetero) is 4. The van der Waals surface area contributed by atoms with Crippen LogP contribution in [-0.4, -0.2) is 46.1 Å². The van der Waals surface area contributed by atoms with Gasteiger partial charge in [-0.2, -0.15) is 0 Å². The molecule has 0 amide bonds. The molecule has 0 bridgehead atoms. The van der Waals surface area contributed by atoms with Gasteiger partial charge >= 0.3 is 0 Å². The summed E-state index contributed by atoms with van der Waals surface area (Å²) in [6, 6.07) is 27.4. The van der Waals surface area contributed by atoms with Gasteiger partial charge in [-0.05, 0) is 68.0 Å². The van der Waals surface area contributed by atoms with Crippen molar-refractivity contribution in [3.05, 3.63) is 181 Å². The molecule has 0 saturated heterocycles. The molecule has 0 heterocycles. The second-order valence-electron chi connectivity index (χ2n) is 14.0. The van der Waals surface area contributed by atoms with Crippen LogP contribution in [-0.2, 0) is 14.4 Å². The lowest BCUT2D eigenvalue weighted by Gasteiger charge is -2.36. The number of carbonyl (C=O) groups excluding carboxylic acids is 7. The Bertz CT molecular complexity index is 2490. The fraction of sp³-hybridized carbons (Fsp3) is 0.170. The van der Waals surface area contributed by atoms with Gasteiger partial charge in [-0.15, -0.1) is 0 Å². The summed E-state index contributed by atoms with van der Waals surface area (Å²) in [4.78, 5) is 82.4. The molecule has 9 nitrogen and oxygen atoms in total. The Kier molecular flexibility index (Phi) is 13.1. The molecule has 58 heavy (non-hydrogen) atoms. The number of carbonyl (C=O) groups is 7. The molecule has 4 aromatic carbocycles. The van der Waals surface area contributed by atoms with Gasteiger partial charge in [0.05, 0.1) is 0 Å². The molecule has 0 radical (unpaired) electrons. The van der Waals surface area contributed by atoms with Crippen molar-refractivity contribution in [3.63, 3.8) is 0 Å². The van der Waals surface area contributed by atoms with Crippen molar-refractivity contribution in [1.29, 1.82) is 0 Å². The molecule has 5 aliphatic rings. The van der Waals surface area contributed by atoms with Gasteiger partial charge in [-0.3, -0.25) is 33.6 Å². The average molecular weight is 815 g/mol. The molecule has 3 N–H and O–H groups in total. The molecule has 292 valence electrons. The Balaban J connectivity index is 0.000000155. The Labute approximate surface area is 344 Å². The number of benzene rings is 4. The van der Waals surface area contributed by atoms with Crippen molar-refractivity contribution >= 4 is 69.9 Å². The van der Waals surface area contributed by atoms with Crippen LogP contribution < -0.4 is 5.73 Å². The molecule has 11 heteroatoms. The van der Waals surface area contributed by atoms with Crippen molar-refractivity contribution in [3.8, 4) is 0 Å². The minimum atomic E-state index is -0.670. The summed E-state index contributed by atoms with van der Waals surface area (Å²) in [5.41, 5.74) is 11.9. The van der Waals surface area contributed by atoms with Crippen LogP contribution in [0, 0.1) is 0 Å². The SMILES string of the molecule is NC1=CC(=O)CCC1.O=C1C=C(O)c2ccccc2C1=O.O=C1CCCC2=C1C(c1ccc(Cl)cc1)C1=C(C2)C(=O)c2ccccc2C1=O.O=Cc1ccc(Cl)cc1. The zero-order valence-corrected chi connectivity index (χ0v) is 32.6. The Morgan fingerprint density at radius 1 is 0.603 bits per heavy atom. The highest BCUT2D eigenvalue weighted by molar-refractivity contribution is 6.50. The van der Waals surface area contributed by atoms with Crippen LogP contribution in [0.25, 0.3) is 5.76 Å². The molecular weight excluding hydrogens is 777 g/mol. The smallest absolute Gasteiger partial charge is 0.233 e. The van der Waals surface area contributed by atoms with E-state index in [1.165, 1.54) is 12.1 Å². The molecule has 9 rings (SSSR count). The van der Waals surface area contributed by atoms with Gasteiger partial charge in [0.15, 0.2) is 23.1 Å². The summed E-state index contributed by atoms with van der Waals surface area (Å²) < 4.78 is 0. The van der Waals surface area contributed by atoms with E-state index in [1.54, 1.807) is 78.9 Å². The quantitative estimate of drug-likeness (QED) is 0.148. The van der Waals surface area contributed by atoms with Crippen LogP contribution >= 0.6 is 23.2 Å². The van der Waals surface area contributed by atoms with Crippen molar-refractivity contribution in [1.82, 2.24) is 0 Å². The lowest BCUT2D eigenvalue weighted by atomic mass is 9.65. The number of aliphatic hydroxyl groups excluding tert-OH is 1. The lowest BCUT2D eigenvalue weighted by Crippen LogP contribution is -2.33. The molecule has 0 fully saturated rings. The molecule has 5 aliphatic carbocycles. The number of rotatable bonds is 2. The summed E-state index contributed by atoms with van der Waals surface area (Å²) in [7, 11) is 0. The van der Waals surface area contributed by atoms with E-state index in [4.69, 9.17) is 28.9 Å². The number of hydrogen-bond donors (Lipinski definition) is 2. The molecule has 4 aromatic rings. The van der Waals surface area contributed by atoms with E-state index in [1.807, 2.05) is 12.1 Å². The third kappa shape index (κ3) is 9.12. The number of allylic oxidation sites excluding steroid dienone is 7. The van der Waals surface area contributed by atoms with E-state index >= 15 is 0 Å². The first kappa shape index (κ1) is 41.3. The van der Waals surface area contributed by atoms with Crippen molar-refractivity contribution in [2.45, 2.75) is 50.9 Å². The van der Waals surface area contributed by atoms with E-state index < -0.39 is 17.5 Å². The maximum atomic E-state index is 13.5. The normalized spacial score (nSPS) is 18.0. The van der Waals surface area contributed by atoms with Gasteiger partial charge in [0, 0.05) is 85.1 Å². The minimum Gasteiger partial charge on any atom is -0.507 e. The monoisotopic (exact) mass is 813 g/mol. The summed E-state index contributed by atoms with van der Waals surface area (Å²) in [5.74, 6) is -1.83. The van der Waals surface area contributed by atoms with Crippen molar-refractivity contribution in [2.24, 2.45) is 5.73 Å². The molecule has 1 atom stereocenters. The van der Waals surface area contributed by atoms with Crippen LogP contribution in [0.5, 0.6) is 0 Å². The van der Waals surface area contributed by atoms with Crippen molar-refractivity contribution in [2.75, 3.05) is 0 Å². The summed E-state index contributed by atoms with van der Waals surface area (Å²) in [5, 5.41) is 10.6. The first-order chi connectivity index (χ1) is 27.9. The number of nitrogens with two attached hydrogens (primary N) is 1. The maximum absolute atomic E-state index is 13.5. The molecule has 0 saturated carbocycles. The molecule has 0 spiro atoms. The summed E-state index contributed by atoms with van der Waals surface area (Å²) >= 11 is 11.6. The zero-order chi connectivity index (χ0) is 41.5. The van der Waals surface area contributed by atoms with Crippen LogP contribution in [0.15, 0.2) is 137 Å². The number of aliphatic hydroxyl groups is 1. The number of halogens is 2. The fourth-order valence-electron chi connectivity index (χ4n) is 7.41. The molecule has 0 aliphatic heterocycles. The second-order valence-corrected chi connectivity index (χ2v) is 14.9. The number of hydrogen-bond acceptors (Lipinski definition) is 9. The molecular formula is C47H37Cl2NO8.